The summed E-state index contributed by atoms with van der Waals surface area (Å²) in [6.07, 6.45) is 4.81. The molecule has 3 rings (SSSR count). The SMILES string of the molecule is CC1CCc2sc(C(=O)NNC(=O)c3cccc(CS(C)=O)c3)cc2C1. The molecule has 1 aromatic carbocycles. The molecule has 2 amide bonds. The molecule has 0 saturated carbocycles. The molecule has 7 heteroatoms. The lowest BCUT2D eigenvalue weighted by Gasteiger charge is -2.16. The number of carbonyl (C=O) groups is 2. The smallest absolute Gasteiger partial charge is 0.267 e. The summed E-state index contributed by atoms with van der Waals surface area (Å²) in [5, 5.41) is 0. The van der Waals surface area contributed by atoms with E-state index in [0.717, 1.165) is 24.8 Å². The van der Waals surface area contributed by atoms with Crippen LogP contribution in [0, 0.1) is 5.92 Å². The molecule has 1 aromatic heterocycles. The first-order chi connectivity index (χ1) is 12.4. The minimum absolute atomic E-state index is 0.295. The quantitative estimate of drug-likeness (QED) is 0.789. The van der Waals surface area contributed by atoms with E-state index in [1.165, 1.54) is 21.8 Å². The Hall–Kier alpha value is -1.99. The molecular formula is C19H22N2O3S2. The van der Waals surface area contributed by atoms with Crippen molar-refractivity contribution >= 4 is 34.0 Å². The van der Waals surface area contributed by atoms with Gasteiger partial charge in [-0.1, -0.05) is 19.1 Å². The lowest BCUT2D eigenvalue weighted by Crippen LogP contribution is -2.41. The molecule has 2 N–H and O–H groups in total. The Morgan fingerprint density at radius 3 is 2.77 bits per heavy atom. The number of aryl methyl sites for hydroxylation is 1. The summed E-state index contributed by atoms with van der Waals surface area (Å²) < 4.78 is 11.3. The van der Waals surface area contributed by atoms with Crippen LogP contribution in [0.25, 0.3) is 0 Å². The average molecular weight is 391 g/mol. The molecule has 1 aliphatic carbocycles. The zero-order valence-electron chi connectivity index (χ0n) is 14.8. The van der Waals surface area contributed by atoms with E-state index >= 15 is 0 Å². The maximum Gasteiger partial charge on any atom is 0.279 e. The lowest BCUT2D eigenvalue weighted by atomic mass is 9.90. The third-order valence-electron chi connectivity index (χ3n) is 4.40. The summed E-state index contributed by atoms with van der Waals surface area (Å²) in [5.41, 5.74) is 7.45. The fraction of sp³-hybridized carbons (Fsp3) is 0.368. The van der Waals surface area contributed by atoms with Crippen LogP contribution in [0.3, 0.4) is 0 Å². The number of fused-ring (bicyclic) bond motifs is 1. The number of nitrogens with one attached hydrogen (secondary N) is 2. The van der Waals surface area contributed by atoms with Gasteiger partial charge in [0.25, 0.3) is 11.8 Å². The third-order valence-corrected chi connectivity index (χ3v) is 6.38. The van der Waals surface area contributed by atoms with Gasteiger partial charge in [0, 0.05) is 33.2 Å². The predicted octanol–water partition coefficient (Wildman–Crippen LogP) is 2.83. The molecule has 0 bridgehead atoms. The van der Waals surface area contributed by atoms with E-state index in [1.807, 2.05) is 12.1 Å². The molecule has 0 radical (unpaired) electrons. The van der Waals surface area contributed by atoms with Gasteiger partial charge in [0.1, 0.15) is 0 Å². The summed E-state index contributed by atoms with van der Waals surface area (Å²) >= 11 is 1.51. The number of amides is 2. The highest BCUT2D eigenvalue weighted by atomic mass is 32.2. The summed E-state index contributed by atoms with van der Waals surface area (Å²) in [7, 11) is -0.974. The number of hydrazine groups is 1. The van der Waals surface area contributed by atoms with Gasteiger partial charge >= 0.3 is 0 Å². The van der Waals surface area contributed by atoms with Crippen molar-refractivity contribution in [1.82, 2.24) is 10.9 Å². The maximum absolute atomic E-state index is 12.3. The van der Waals surface area contributed by atoms with E-state index in [9.17, 15) is 13.8 Å². The maximum atomic E-state index is 12.3. The van der Waals surface area contributed by atoms with Crippen molar-refractivity contribution in [2.75, 3.05) is 6.26 Å². The third kappa shape index (κ3) is 4.59. The summed E-state index contributed by atoms with van der Waals surface area (Å²) in [6, 6.07) is 8.86. The van der Waals surface area contributed by atoms with Gasteiger partial charge in [-0.3, -0.25) is 24.6 Å². The molecule has 2 aromatic rings. The van der Waals surface area contributed by atoms with Gasteiger partial charge in [-0.05, 0) is 54.5 Å². The Morgan fingerprint density at radius 2 is 2.00 bits per heavy atom. The van der Waals surface area contributed by atoms with Crippen LogP contribution >= 0.6 is 11.3 Å². The van der Waals surface area contributed by atoms with E-state index in [-0.39, 0.29) is 5.91 Å². The zero-order chi connectivity index (χ0) is 18.7. The largest absolute Gasteiger partial charge is 0.279 e. The van der Waals surface area contributed by atoms with Crippen LogP contribution in [0.1, 0.15) is 49.4 Å². The van der Waals surface area contributed by atoms with Gasteiger partial charge in [0.05, 0.1) is 4.88 Å². The van der Waals surface area contributed by atoms with Crippen molar-refractivity contribution in [1.29, 1.82) is 0 Å². The van der Waals surface area contributed by atoms with Crippen LogP contribution in [0.15, 0.2) is 30.3 Å². The number of rotatable bonds is 4. The van der Waals surface area contributed by atoms with Crippen molar-refractivity contribution in [2.45, 2.75) is 31.9 Å². The summed E-state index contributed by atoms with van der Waals surface area (Å²) in [4.78, 5) is 26.5. The Labute approximate surface area is 159 Å². The van der Waals surface area contributed by atoms with Gasteiger partial charge in [0.2, 0.25) is 0 Å². The van der Waals surface area contributed by atoms with Crippen molar-refractivity contribution in [3.63, 3.8) is 0 Å². The van der Waals surface area contributed by atoms with Crippen LogP contribution in [-0.2, 0) is 29.4 Å². The Kier molecular flexibility index (Phi) is 5.88. The first-order valence-corrected chi connectivity index (χ1v) is 11.1. The number of benzene rings is 1. The molecule has 0 saturated heterocycles. The topological polar surface area (TPSA) is 75.3 Å². The fourth-order valence-corrected chi connectivity index (χ4v) is 4.85. The van der Waals surface area contributed by atoms with Crippen molar-refractivity contribution in [3.8, 4) is 0 Å². The molecule has 2 unspecified atom stereocenters. The molecule has 0 fully saturated rings. The minimum atomic E-state index is -0.974. The minimum Gasteiger partial charge on any atom is -0.267 e. The number of hydrogen-bond donors (Lipinski definition) is 2. The highest BCUT2D eigenvalue weighted by Crippen LogP contribution is 2.32. The Balaban J connectivity index is 1.61. The van der Waals surface area contributed by atoms with Gasteiger partial charge in [-0.2, -0.15) is 0 Å². The summed E-state index contributed by atoms with van der Waals surface area (Å²) in [6.45, 7) is 2.22. The van der Waals surface area contributed by atoms with E-state index in [0.29, 0.717) is 22.1 Å². The van der Waals surface area contributed by atoms with Crippen molar-refractivity contribution in [2.24, 2.45) is 5.92 Å². The number of hydrogen-bond acceptors (Lipinski definition) is 4. The van der Waals surface area contributed by atoms with Crippen LogP contribution in [0.4, 0.5) is 0 Å². The molecular weight excluding hydrogens is 368 g/mol. The molecule has 1 heterocycles. The second-order valence-electron chi connectivity index (χ2n) is 6.73. The molecule has 2 atom stereocenters. The number of thiophene rings is 1. The van der Waals surface area contributed by atoms with Crippen molar-refractivity contribution < 1.29 is 13.8 Å². The van der Waals surface area contributed by atoms with E-state index in [2.05, 4.69) is 17.8 Å². The molecule has 0 spiro atoms. The highest BCUT2D eigenvalue weighted by Gasteiger charge is 2.21. The monoisotopic (exact) mass is 390 g/mol. The summed E-state index contributed by atoms with van der Waals surface area (Å²) in [5.74, 6) is 0.359. The van der Waals surface area contributed by atoms with Gasteiger partial charge in [-0.25, -0.2) is 0 Å². The fourth-order valence-electron chi connectivity index (χ4n) is 3.10. The highest BCUT2D eigenvalue weighted by molar-refractivity contribution is 7.83. The molecule has 138 valence electrons. The molecule has 5 nitrogen and oxygen atoms in total. The van der Waals surface area contributed by atoms with Crippen LogP contribution in [0.5, 0.6) is 0 Å². The second-order valence-corrected chi connectivity index (χ2v) is 9.31. The predicted molar refractivity (Wildman–Crippen MR) is 105 cm³/mol. The first kappa shape index (κ1) is 18.8. The van der Waals surface area contributed by atoms with Gasteiger partial charge in [-0.15, -0.1) is 11.3 Å². The van der Waals surface area contributed by atoms with E-state index in [1.54, 1.807) is 24.5 Å². The molecule has 1 aliphatic rings. The number of carbonyl (C=O) groups excluding carboxylic acids is 2. The second kappa shape index (κ2) is 8.14. The van der Waals surface area contributed by atoms with Crippen LogP contribution < -0.4 is 10.9 Å². The lowest BCUT2D eigenvalue weighted by molar-refractivity contribution is 0.0849. The van der Waals surface area contributed by atoms with Crippen molar-refractivity contribution in [3.05, 3.63) is 56.8 Å². The zero-order valence-corrected chi connectivity index (χ0v) is 16.5. The van der Waals surface area contributed by atoms with Crippen LogP contribution in [-0.4, -0.2) is 22.3 Å². The first-order valence-electron chi connectivity index (χ1n) is 8.53. The Morgan fingerprint density at radius 1 is 1.23 bits per heavy atom. The Bertz CT molecular complexity index is 860. The van der Waals surface area contributed by atoms with E-state index in [4.69, 9.17) is 0 Å². The molecule has 0 aliphatic heterocycles. The average Bonchev–Trinajstić information content (AvgIpc) is 3.02. The normalized spacial score (nSPS) is 17.2. The van der Waals surface area contributed by atoms with Gasteiger partial charge in [0.15, 0.2) is 0 Å². The van der Waals surface area contributed by atoms with E-state index < -0.39 is 16.7 Å². The van der Waals surface area contributed by atoms with Crippen LogP contribution in [0.2, 0.25) is 0 Å². The molecule has 26 heavy (non-hydrogen) atoms. The van der Waals surface area contributed by atoms with Gasteiger partial charge < -0.3 is 0 Å². The standard InChI is InChI=1S/C19H22N2O3S2/c1-12-6-7-16-15(8-12)10-17(25-16)19(23)21-20-18(22)14-5-3-4-13(9-14)11-26(2)24/h3-5,9-10,12H,6-8,11H2,1-2H3,(H,20,22)(H,21,23).